The van der Waals surface area contributed by atoms with Crippen LogP contribution in [0.15, 0.2) is 71.8 Å². The Bertz CT molecular complexity index is 967. The molecule has 28 heavy (non-hydrogen) atoms. The van der Waals surface area contributed by atoms with Crippen LogP contribution in [-0.4, -0.2) is 17.3 Å². The molecule has 0 atom stereocenters. The minimum Gasteiger partial charge on any atom is -0.489 e. The number of nitrogens with one attached hydrogen (secondary N) is 1. The number of carbonyl (C=O) groups is 1. The summed E-state index contributed by atoms with van der Waals surface area (Å²) in [4.78, 5) is 10.8. The zero-order valence-electron chi connectivity index (χ0n) is 14.6. The largest absolute Gasteiger partial charge is 0.489 e. The lowest BCUT2D eigenvalue weighted by atomic mass is 10.2. The Morgan fingerprint density at radius 3 is 2.25 bits per heavy atom. The van der Waals surface area contributed by atoms with Gasteiger partial charge in [-0.1, -0.05) is 29.3 Å². The molecule has 7 heteroatoms. The molecule has 0 spiro atoms. The third-order valence-electron chi connectivity index (χ3n) is 3.86. The summed E-state index contributed by atoms with van der Waals surface area (Å²) in [5.74, 6) is -0.278. The maximum Gasteiger partial charge on any atom is 0.335 e. The minimum atomic E-state index is -0.964. The van der Waals surface area contributed by atoms with Gasteiger partial charge in [-0.15, -0.1) is 0 Å². The first-order chi connectivity index (χ1) is 13.5. The van der Waals surface area contributed by atoms with Crippen molar-refractivity contribution in [2.45, 2.75) is 6.61 Å². The van der Waals surface area contributed by atoms with Gasteiger partial charge in [-0.2, -0.15) is 5.10 Å². The molecule has 0 radical (unpaired) electrons. The third kappa shape index (κ3) is 5.25. The van der Waals surface area contributed by atoms with Crippen LogP contribution in [-0.2, 0) is 6.61 Å². The average molecular weight is 415 g/mol. The quantitative estimate of drug-likeness (QED) is 0.383. The molecule has 0 unspecified atom stereocenters. The van der Waals surface area contributed by atoms with Crippen molar-refractivity contribution in [3.05, 3.63) is 93.5 Å². The fourth-order valence-corrected chi connectivity index (χ4v) is 2.85. The lowest BCUT2D eigenvalue weighted by molar-refractivity contribution is 0.0697. The van der Waals surface area contributed by atoms with Gasteiger partial charge in [-0.05, 0) is 66.2 Å². The molecule has 3 aromatic carbocycles. The van der Waals surface area contributed by atoms with E-state index in [1.165, 1.54) is 12.1 Å². The fourth-order valence-electron chi connectivity index (χ4n) is 2.34. The SMILES string of the molecule is O=C(O)c1ccc(N/N=C/c2ccc(OCc3c(Cl)cccc3Cl)cc2)cc1. The highest BCUT2D eigenvalue weighted by Crippen LogP contribution is 2.25. The Balaban J connectivity index is 1.55. The maximum absolute atomic E-state index is 10.8. The van der Waals surface area contributed by atoms with Gasteiger partial charge < -0.3 is 9.84 Å². The predicted molar refractivity (Wildman–Crippen MR) is 112 cm³/mol. The van der Waals surface area contributed by atoms with Gasteiger partial charge in [0.2, 0.25) is 0 Å². The van der Waals surface area contributed by atoms with Crippen molar-refractivity contribution in [2.24, 2.45) is 5.10 Å². The molecule has 3 aromatic rings. The monoisotopic (exact) mass is 414 g/mol. The summed E-state index contributed by atoms with van der Waals surface area (Å²) in [6.07, 6.45) is 1.65. The summed E-state index contributed by atoms with van der Waals surface area (Å²) < 4.78 is 5.74. The molecule has 0 saturated carbocycles. The van der Waals surface area contributed by atoms with Crippen molar-refractivity contribution in [3.8, 4) is 5.75 Å². The molecule has 0 fully saturated rings. The molecule has 0 saturated heterocycles. The Hall–Kier alpha value is -3.02. The molecule has 0 amide bonds. The van der Waals surface area contributed by atoms with Crippen LogP contribution in [0.25, 0.3) is 0 Å². The molecule has 0 bridgehead atoms. The molecule has 0 heterocycles. The van der Waals surface area contributed by atoms with Crippen molar-refractivity contribution in [1.29, 1.82) is 0 Å². The second-order valence-corrected chi connectivity index (χ2v) is 6.62. The first kappa shape index (κ1) is 19.7. The predicted octanol–water partition coefficient (Wildman–Crippen LogP) is 5.72. The van der Waals surface area contributed by atoms with Gasteiger partial charge >= 0.3 is 5.97 Å². The van der Waals surface area contributed by atoms with E-state index in [0.717, 1.165) is 11.1 Å². The number of anilines is 1. The van der Waals surface area contributed by atoms with Crippen molar-refractivity contribution in [2.75, 3.05) is 5.43 Å². The number of hydrogen-bond acceptors (Lipinski definition) is 4. The molecule has 5 nitrogen and oxygen atoms in total. The number of carboxylic acid groups (broad SMARTS) is 1. The smallest absolute Gasteiger partial charge is 0.335 e. The van der Waals surface area contributed by atoms with E-state index in [2.05, 4.69) is 10.5 Å². The van der Waals surface area contributed by atoms with Gasteiger partial charge in [0.15, 0.2) is 0 Å². The first-order valence-electron chi connectivity index (χ1n) is 8.31. The number of halogens is 2. The summed E-state index contributed by atoms with van der Waals surface area (Å²) in [7, 11) is 0. The van der Waals surface area contributed by atoms with Gasteiger partial charge in [0.25, 0.3) is 0 Å². The third-order valence-corrected chi connectivity index (χ3v) is 4.57. The van der Waals surface area contributed by atoms with Gasteiger partial charge in [0, 0.05) is 15.6 Å². The van der Waals surface area contributed by atoms with Crippen LogP contribution in [0.2, 0.25) is 10.0 Å². The number of rotatable bonds is 7. The lowest BCUT2D eigenvalue weighted by Crippen LogP contribution is -1.98. The van der Waals surface area contributed by atoms with Crippen LogP contribution in [0.1, 0.15) is 21.5 Å². The number of hydrogen-bond donors (Lipinski definition) is 2. The van der Waals surface area contributed by atoms with Crippen LogP contribution >= 0.6 is 23.2 Å². The minimum absolute atomic E-state index is 0.225. The van der Waals surface area contributed by atoms with Crippen LogP contribution in [0, 0.1) is 0 Å². The Kier molecular flexibility index (Phi) is 6.53. The average Bonchev–Trinajstić information content (AvgIpc) is 2.69. The van der Waals surface area contributed by atoms with Crippen molar-refractivity contribution < 1.29 is 14.6 Å². The molecule has 0 aromatic heterocycles. The number of aromatic carboxylic acids is 1. The van der Waals surface area contributed by atoms with E-state index < -0.39 is 5.97 Å². The summed E-state index contributed by atoms with van der Waals surface area (Å²) in [6, 6.07) is 19.0. The van der Waals surface area contributed by atoms with E-state index >= 15 is 0 Å². The molecule has 0 aliphatic rings. The summed E-state index contributed by atoms with van der Waals surface area (Å²) in [5, 5.41) is 14.2. The van der Waals surface area contributed by atoms with Crippen molar-refractivity contribution in [1.82, 2.24) is 0 Å². The van der Waals surface area contributed by atoms with E-state index in [-0.39, 0.29) is 12.2 Å². The van der Waals surface area contributed by atoms with E-state index in [9.17, 15) is 4.79 Å². The molecule has 0 aliphatic carbocycles. The van der Waals surface area contributed by atoms with E-state index in [1.54, 1.807) is 36.5 Å². The number of hydrazone groups is 1. The van der Waals surface area contributed by atoms with E-state index in [0.29, 0.717) is 21.5 Å². The highest BCUT2D eigenvalue weighted by molar-refractivity contribution is 6.35. The summed E-state index contributed by atoms with van der Waals surface area (Å²) >= 11 is 12.3. The standard InChI is InChI=1S/C21H16Cl2N2O3/c22-19-2-1-3-20(23)18(19)13-28-17-10-4-14(5-11-17)12-24-25-16-8-6-15(7-9-16)21(26)27/h1-12,25H,13H2,(H,26,27)/b24-12+. The zero-order valence-corrected chi connectivity index (χ0v) is 16.1. The molecule has 3 rings (SSSR count). The fraction of sp³-hybridized carbons (Fsp3) is 0.0476. The second-order valence-electron chi connectivity index (χ2n) is 5.81. The molecular formula is C21H16Cl2N2O3. The first-order valence-corrected chi connectivity index (χ1v) is 9.07. The summed E-state index contributed by atoms with van der Waals surface area (Å²) in [6.45, 7) is 0.278. The maximum atomic E-state index is 10.8. The highest BCUT2D eigenvalue weighted by Gasteiger charge is 2.06. The Morgan fingerprint density at radius 2 is 1.64 bits per heavy atom. The number of benzene rings is 3. The van der Waals surface area contributed by atoms with Crippen LogP contribution < -0.4 is 10.2 Å². The molecule has 142 valence electrons. The molecule has 2 N–H and O–H groups in total. The van der Waals surface area contributed by atoms with E-state index in [1.807, 2.05) is 24.3 Å². The van der Waals surface area contributed by atoms with Gasteiger partial charge in [-0.25, -0.2) is 4.79 Å². The van der Waals surface area contributed by atoms with Gasteiger partial charge in [-0.3, -0.25) is 5.43 Å². The van der Waals surface area contributed by atoms with E-state index in [4.69, 9.17) is 33.0 Å². The Morgan fingerprint density at radius 1 is 1.00 bits per heavy atom. The summed E-state index contributed by atoms with van der Waals surface area (Å²) in [5.41, 5.74) is 5.38. The van der Waals surface area contributed by atoms with Crippen molar-refractivity contribution >= 4 is 41.1 Å². The lowest BCUT2D eigenvalue weighted by Gasteiger charge is -2.09. The second kappa shape index (κ2) is 9.26. The van der Waals surface area contributed by atoms with Gasteiger partial charge in [0.05, 0.1) is 17.5 Å². The Labute approximate surface area is 172 Å². The van der Waals surface area contributed by atoms with Gasteiger partial charge in [0.1, 0.15) is 12.4 Å². The van der Waals surface area contributed by atoms with Crippen LogP contribution in [0.4, 0.5) is 5.69 Å². The molecular weight excluding hydrogens is 399 g/mol. The highest BCUT2D eigenvalue weighted by atomic mass is 35.5. The number of nitrogens with zero attached hydrogens (tertiary/aromatic N) is 1. The van der Waals surface area contributed by atoms with Crippen molar-refractivity contribution in [3.63, 3.8) is 0 Å². The normalized spacial score (nSPS) is 10.8. The molecule has 0 aliphatic heterocycles. The van der Waals surface area contributed by atoms with Crippen LogP contribution in [0.3, 0.4) is 0 Å². The topological polar surface area (TPSA) is 70.9 Å². The number of ether oxygens (including phenoxy) is 1. The zero-order chi connectivity index (χ0) is 19.9. The number of carboxylic acids is 1. The van der Waals surface area contributed by atoms with Crippen LogP contribution in [0.5, 0.6) is 5.75 Å².